The van der Waals surface area contributed by atoms with E-state index in [1.165, 1.54) is 18.4 Å². The SMILES string of the molecule is CCCCOc1ccccc1-c1cc2c(c(Nc3ccc(C4CCNCC4)cc3)n1)C(C=O)NC=C2. The van der Waals surface area contributed by atoms with Crippen LogP contribution < -0.4 is 20.7 Å². The maximum absolute atomic E-state index is 11.9. The van der Waals surface area contributed by atoms with E-state index in [1.807, 2.05) is 42.6 Å². The summed E-state index contributed by atoms with van der Waals surface area (Å²) in [7, 11) is 0. The molecule has 5 rings (SSSR count). The average molecular weight is 483 g/mol. The Balaban J connectivity index is 1.49. The number of nitrogens with zero attached hydrogens (tertiary/aromatic N) is 1. The molecule has 1 atom stereocenters. The average Bonchev–Trinajstić information content (AvgIpc) is 2.94. The summed E-state index contributed by atoms with van der Waals surface area (Å²) in [4.78, 5) is 16.9. The van der Waals surface area contributed by atoms with E-state index in [4.69, 9.17) is 9.72 Å². The lowest BCUT2D eigenvalue weighted by Crippen LogP contribution is -2.26. The van der Waals surface area contributed by atoms with E-state index < -0.39 is 6.04 Å². The molecule has 1 fully saturated rings. The summed E-state index contributed by atoms with van der Waals surface area (Å²) in [6.45, 7) is 4.97. The van der Waals surface area contributed by atoms with E-state index in [-0.39, 0.29) is 0 Å². The molecule has 0 bridgehead atoms. The molecule has 6 nitrogen and oxygen atoms in total. The van der Waals surface area contributed by atoms with Gasteiger partial charge in [0, 0.05) is 16.8 Å². The molecule has 2 aliphatic rings. The summed E-state index contributed by atoms with van der Waals surface area (Å²) in [5.41, 5.74) is 5.89. The van der Waals surface area contributed by atoms with Crippen LogP contribution in [-0.2, 0) is 4.79 Å². The third-order valence-corrected chi connectivity index (χ3v) is 6.98. The molecule has 2 aromatic carbocycles. The summed E-state index contributed by atoms with van der Waals surface area (Å²) in [5.74, 6) is 2.10. The molecule has 0 radical (unpaired) electrons. The molecule has 0 spiro atoms. The van der Waals surface area contributed by atoms with Gasteiger partial charge in [-0.3, -0.25) is 0 Å². The summed E-state index contributed by atoms with van der Waals surface area (Å²) >= 11 is 0. The highest BCUT2D eigenvalue weighted by Crippen LogP contribution is 2.37. The number of benzene rings is 2. The van der Waals surface area contributed by atoms with Crippen LogP contribution in [0.15, 0.2) is 60.8 Å². The topological polar surface area (TPSA) is 75.3 Å². The molecule has 0 amide bonds. The fourth-order valence-electron chi connectivity index (χ4n) is 4.97. The highest BCUT2D eigenvalue weighted by molar-refractivity contribution is 5.81. The molecule has 1 saturated heterocycles. The van der Waals surface area contributed by atoms with Crippen molar-refractivity contribution >= 4 is 23.9 Å². The molecular weight excluding hydrogens is 448 g/mol. The molecule has 3 aromatic rings. The van der Waals surface area contributed by atoms with Crippen molar-refractivity contribution in [3.63, 3.8) is 0 Å². The van der Waals surface area contributed by atoms with Crippen molar-refractivity contribution in [2.75, 3.05) is 25.0 Å². The first-order chi connectivity index (χ1) is 17.8. The summed E-state index contributed by atoms with van der Waals surface area (Å²) in [5, 5.41) is 10.1. The van der Waals surface area contributed by atoms with Gasteiger partial charge in [0.1, 0.15) is 23.9 Å². The number of hydrogen-bond donors (Lipinski definition) is 3. The van der Waals surface area contributed by atoms with Crippen LogP contribution in [0.4, 0.5) is 11.5 Å². The summed E-state index contributed by atoms with van der Waals surface area (Å²) in [6.07, 6.45) is 9.16. The number of carbonyl (C=O) groups excluding carboxylic acids is 1. The maximum Gasteiger partial charge on any atom is 0.146 e. The van der Waals surface area contributed by atoms with Gasteiger partial charge in [0.15, 0.2) is 0 Å². The minimum Gasteiger partial charge on any atom is -0.493 e. The Morgan fingerprint density at radius 2 is 1.92 bits per heavy atom. The van der Waals surface area contributed by atoms with E-state index in [2.05, 4.69) is 47.1 Å². The van der Waals surface area contributed by atoms with Crippen LogP contribution in [0.5, 0.6) is 5.75 Å². The number of anilines is 2. The molecule has 186 valence electrons. The Bertz CT molecular complexity index is 1220. The first kappa shape index (κ1) is 24.1. The molecule has 3 heterocycles. The van der Waals surface area contributed by atoms with Crippen LogP contribution in [0.2, 0.25) is 0 Å². The quantitative estimate of drug-likeness (QED) is 0.258. The lowest BCUT2D eigenvalue weighted by molar-refractivity contribution is -0.109. The standard InChI is InChI=1S/C30H34N4O2/c1-2-3-18-36-28-7-5-4-6-25(28)26-19-23-14-17-32-27(20-35)29(23)30(34-26)33-24-10-8-21(9-11-24)22-12-15-31-16-13-22/h4-11,14,17,19-20,22,27,31-32H,2-3,12-13,15-16,18H2,1H3,(H,33,34). The first-order valence-corrected chi connectivity index (χ1v) is 13.0. The van der Waals surface area contributed by atoms with Gasteiger partial charge < -0.3 is 25.5 Å². The predicted molar refractivity (Wildman–Crippen MR) is 146 cm³/mol. The number of piperidine rings is 1. The second-order valence-electron chi connectivity index (χ2n) is 9.44. The third kappa shape index (κ3) is 5.29. The van der Waals surface area contributed by atoms with Gasteiger partial charge in [-0.15, -0.1) is 0 Å². The van der Waals surface area contributed by atoms with Crippen molar-refractivity contribution in [3.8, 4) is 17.0 Å². The Labute approximate surface area is 213 Å². The van der Waals surface area contributed by atoms with Crippen molar-refractivity contribution in [2.45, 2.75) is 44.6 Å². The van der Waals surface area contributed by atoms with Crippen molar-refractivity contribution in [3.05, 3.63) is 77.5 Å². The largest absolute Gasteiger partial charge is 0.493 e. The Morgan fingerprint density at radius 3 is 2.69 bits per heavy atom. The lowest BCUT2D eigenvalue weighted by Gasteiger charge is -2.24. The normalized spacial score (nSPS) is 17.2. The zero-order chi connectivity index (χ0) is 24.7. The van der Waals surface area contributed by atoms with Crippen LogP contribution >= 0.6 is 0 Å². The molecular formula is C30H34N4O2. The van der Waals surface area contributed by atoms with E-state index in [0.29, 0.717) is 18.3 Å². The first-order valence-electron chi connectivity index (χ1n) is 13.0. The van der Waals surface area contributed by atoms with E-state index >= 15 is 0 Å². The highest BCUT2D eigenvalue weighted by Gasteiger charge is 2.24. The second kappa shape index (κ2) is 11.4. The van der Waals surface area contributed by atoms with Gasteiger partial charge in [-0.2, -0.15) is 0 Å². The number of rotatable bonds is 9. The number of ether oxygens (including phenoxy) is 1. The fraction of sp³-hybridized carbons (Fsp3) is 0.333. The zero-order valence-corrected chi connectivity index (χ0v) is 20.8. The lowest BCUT2D eigenvalue weighted by atomic mass is 9.90. The second-order valence-corrected chi connectivity index (χ2v) is 9.44. The minimum absolute atomic E-state index is 0.459. The number of nitrogens with one attached hydrogen (secondary N) is 3. The van der Waals surface area contributed by atoms with Crippen LogP contribution in [0.1, 0.15) is 61.3 Å². The molecule has 36 heavy (non-hydrogen) atoms. The van der Waals surface area contributed by atoms with Crippen LogP contribution in [0.25, 0.3) is 17.3 Å². The van der Waals surface area contributed by atoms with Gasteiger partial charge in [-0.1, -0.05) is 37.6 Å². The van der Waals surface area contributed by atoms with Crippen molar-refractivity contribution in [1.82, 2.24) is 15.6 Å². The van der Waals surface area contributed by atoms with Crippen molar-refractivity contribution < 1.29 is 9.53 Å². The predicted octanol–water partition coefficient (Wildman–Crippen LogP) is 5.95. The Morgan fingerprint density at radius 1 is 1.11 bits per heavy atom. The monoisotopic (exact) mass is 482 g/mol. The molecule has 6 heteroatoms. The maximum atomic E-state index is 11.9. The number of carbonyl (C=O) groups is 1. The van der Waals surface area contributed by atoms with E-state index in [1.54, 1.807) is 0 Å². The van der Waals surface area contributed by atoms with Crippen LogP contribution in [0.3, 0.4) is 0 Å². The number of fused-ring (bicyclic) bond motifs is 1. The van der Waals surface area contributed by atoms with Gasteiger partial charge in [0.05, 0.1) is 12.3 Å². The zero-order valence-electron chi connectivity index (χ0n) is 20.8. The smallest absolute Gasteiger partial charge is 0.146 e. The summed E-state index contributed by atoms with van der Waals surface area (Å²) < 4.78 is 6.10. The minimum atomic E-state index is -0.459. The Hall–Kier alpha value is -3.64. The number of aldehydes is 1. The molecule has 2 aliphatic heterocycles. The van der Waals surface area contributed by atoms with Gasteiger partial charge >= 0.3 is 0 Å². The Kier molecular flexibility index (Phi) is 7.62. The summed E-state index contributed by atoms with van der Waals surface area (Å²) in [6, 6.07) is 18.2. The van der Waals surface area contributed by atoms with E-state index in [0.717, 1.165) is 66.0 Å². The number of pyridine rings is 1. The number of hydrogen-bond acceptors (Lipinski definition) is 6. The van der Waals surface area contributed by atoms with Gasteiger partial charge in [-0.05, 0) is 92.0 Å². The van der Waals surface area contributed by atoms with Gasteiger partial charge in [0.25, 0.3) is 0 Å². The van der Waals surface area contributed by atoms with Gasteiger partial charge in [-0.25, -0.2) is 4.98 Å². The fourth-order valence-corrected chi connectivity index (χ4v) is 4.97. The van der Waals surface area contributed by atoms with E-state index in [9.17, 15) is 4.79 Å². The molecule has 0 aliphatic carbocycles. The van der Waals surface area contributed by atoms with Crippen LogP contribution in [0, 0.1) is 0 Å². The number of unbranched alkanes of at least 4 members (excludes halogenated alkanes) is 1. The molecule has 3 N–H and O–H groups in total. The number of aromatic nitrogens is 1. The molecule has 1 unspecified atom stereocenters. The van der Waals surface area contributed by atoms with Crippen molar-refractivity contribution in [1.29, 1.82) is 0 Å². The van der Waals surface area contributed by atoms with Gasteiger partial charge in [0.2, 0.25) is 0 Å². The van der Waals surface area contributed by atoms with Crippen molar-refractivity contribution in [2.24, 2.45) is 0 Å². The number of para-hydroxylation sites is 1. The molecule has 1 aromatic heterocycles. The van der Waals surface area contributed by atoms with Crippen LogP contribution in [-0.4, -0.2) is 31.0 Å². The molecule has 0 saturated carbocycles. The highest BCUT2D eigenvalue weighted by atomic mass is 16.5. The third-order valence-electron chi connectivity index (χ3n) is 6.98.